The molecule has 3 aromatic rings. The number of carbonyl (C=O) groups excluding carboxylic acids is 1. The van der Waals surface area contributed by atoms with Crippen LogP contribution in [0.2, 0.25) is 5.02 Å². The normalized spacial score (nSPS) is 10.4. The van der Waals surface area contributed by atoms with Gasteiger partial charge in [-0.05, 0) is 47.9 Å². The predicted molar refractivity (Wildman–Crippen MR) is 106 cm³/mol. The van der Waals surface area contributed by atoms with Crippen LogP contribution in [0.25, 0.3) is 0 Å². The molecule has 1 amide bonds. The highest BCUT2D eigenvalue weighted by molar-refractivity contribution is 6.30. The van der Waals surface area contributed by atoms with Crippen LogP contribution in [0.3, 0.4) is 0 Å². The van der Waals surface area contributed by atoms with E-state index in [4.69, 9.17) is 11.6 Å². The van der Waals surface area contributed by atoms with Crippen LogP contribution in [-0.4, -0.2) is 34.5 Å². The molecule has 1 aromatic carbocycles. The van der Waals surface area contributed by atoms with Gasteiger partial charge in [-0.15, -0.1) is 0 Å². The van der Waals surface area contributed by atoms with Crippen LogP contribution in [0.5, 0.6) is 0 Å². The fourth-order valence-electron chi connectivity index (χ4n) is 2.48. The largest absolute Gasteiger partial charge is 0.347 e. The fraction of sp³-hybridized carbons (Fsp3) is 0.200. The highest BCUT2D eigenvalue weighted by Gasteiger charge is 2.11. The van der Waals surface area contributed by atoms with Crippen molar-refractivity contribution in [1.82, 2.24) is 20.3 Å². The van der Waals surface area contributed by atoms with Crippen molar-refractivity contribution in [3.05, 3.63) is 82.9 Å². The minimum Gasteiger partial charge on any atom is -0.347 e. The Morgan fingerprint density at radius 1 is 1.04 bits per heavy atom. The highest BCUT2D eigenvalue weighted by atomic mass is 35.5. The van der Waals surface area contributed by atoms with E-state index in [9.17, 15) is 4.79 Å². The monoisotopic (exact) mass is 381 g/mol. The zero-order chi connectivity index (χ0) is 19.1. The lowest BCUT2D eigenvalue weighted by atomic mass is 10.2. The van der Waals surface area contributed by atoms with Crippen LogP contribution in [0.15, 0.2) is 61.1 Å². The lowest BCUT2D eigenvalue weighted by Crippen LogP contribution is -2.27. The van der Waals surface area contributed by atoms with E-state index in [0.717, 1.165) is 18.5 Å². The molecule has 2 heterocycles. The molecular weight excluding hydrogens is 362 g/mol. The Morgan fingerprint density at radius 2 is 1.78 bits per heavy atom. The second-order valence-electron chi connectivity index (χ2n) is 6.08. The molecule has 0 spiro atoms. The molecular formula is C20H20ClN5O. The summed E-state index contributed by atoms with van der Waals surface area (Å²) in [5.41, 5.74) is 2.50. The minimum atomic E-state index is -0.240. The Hall–Kier alpha value is -2.99. The van der Waals surface area contributed by atoms with E-state index in [-0.39, 0.29) is 5.91 Å². The first-order valence-corrected chi connectivity index (χ1v) is 8.95. The van der Waals surface area contributed by atoms with Crippen molar-refractivity contribution in [1.29, 1.82) is 0 Å². The Labute approximate surface area is 163 Å². The summed E-state index contributed by atoms with van der Waals surface area (Å²) in [5.74, 6) is 0.277. The molecule has 0 aliphatic rings. The molecule has 0 bridgehead atoms. The van der Waals surface area contributed by atoms with Crippen LogP contribution in [0, 0.1) is 0 Å². The number of hydrogen-bond donors (Lipinski definition) is 1. The molecule has 0 unspecified atom stereocenters. The Balaban J connectivity index is 1.58. The molecule has 0 aliphatic heterocycles. The SMILES string of the molecule is CN(CCc1ccncc1)c1nccc(C(=O)NCc2ccc(Cl)cc2)n1. The number of anilines is 1. The van der Waals surface area contributed by atoms with Crippen molar-refractivity contribution in [2.45, 2.75) is 13.0 Å². The van der Waals surface area contributed by atoms with E-state index in [1.807, 2.05) is 36.2 Å². The number of nitrogens with zero attached hydrogens (tertiary/aromatic N) is 4. The molecule has 2 aromatic heterocycles. The number of rotatable bonds is 7. The van der Waals surface area contributed by atoms with Crippen molar-refractivity contribution in [2.24, 2.45) is 0 Å². The Morgan fingerprint density at radius 3 is 2.52 bits per heavy atom. The first-order valence-electron chi connectivity index (χ1n) is 8.57. The lowest BCUT2D eigenvalue weighted by Gasteiger charge is -2.17. The van der Waals surface area contributed by atoms with Gasteiger partial charge in [0.15, 0.2) is 0 Å². The van der Waals surface area contributed by atoms with E-state index in [1.54, 1.807) is 36.8 Å². The summed E-state index contributed by atoms with van der Waals surface area (Å²) in [6.07, 6.45) is 5.99. The third-order valence-corrected chi connectivity index (χ3v) is 4.32. The molecule has 0 atom stereocenters. The number of aromatic nitrogens is 3. The minimum absolute atomic E-state index is 0.240. The third kappa shape index (κ3) is 5.49. The molecule has 138 valence electrons. The summed E-state index contributed by atoms with van der Waals surface area (Å²) >= 11 is 5.87. The first-order chi connectivity index (χ1) is 13.1. The summed E-state index contributed by atoms with van der Waals surface area (Å²) in [7, 11) is 1.91. The Bertz CT molecular complexity index is 886. The van der Waals surface area contributed by atoms with Crippen LogP contribution in [-0.2, 0) is 13.0 Å². The Kier molecular flexibility index (Phi) is 6.33. The van der Waals surface area contributed by atoms with Gasteiger partial charge in [0, 0.05) is 43.8 Å². The fourth-order valence-corrected chi connectivity index (χ4v) is 2.61. The maximum atomic E-state index is 12.4. The lowest BCUT2D eigenvalue weighted by molar-refractivity contribution is 0.0946. The molecule has 0 saturated carbocycles. The van der Waals surface area contributed by atoms with E-state index in [1.165, 1.54) is 5.56 Å². The average Bonchev–Trinajstić information content (AvgIpc) is 2.72. The predicted octanol–water partition coefficient (Wildman–Crippen LogP) is 3.13. The number of nitrogens with one attached hydrogen (secondary N) is 1. The number of hydrogen-bond acceptors (Lipinski definition) is 5. The first kappa shape index (κ1) is 18.8. The van der Waals surface area contributed by atoms with Crippen molar-refractivity contribution in [3.8, 4) is 0 Å². The maximum absolute atomic E-state index is 12.4. The smallest absolute Gasteiger partial charge is 0.270 e. The molecule has 0 fully saturated rings. The average molecular weight is 382 g/mol. The van der Waals surface area contributed by atoms with Gasteiger partial charge in [-0.3, -0.25) is 9.78 Å². The number of pyridine rings is 1. The van der Waals surface area contributed by atoms with E-state index in [0.29, 0.717) is 23.2 Å². The number of carbonyl (C=O) groups is 1. The summed E-state index contributed by atoms with van der Waals surface area (Å²) in [4.78, 5) is 27.0. The number of halogens is 1. The van der Waals surface area contributed by atoms with Gasteiger partial charge >= 0.3 is 0 Å². The van der Waals surface area contributed by atoms with Gasteiger partial charge in [0.1, 0.15) is 5.69 Å². The van der Waals surface area contributed by atoms with Gasteiger partial charge in [0.05, 0.1) is 0 Å². The van der Waals surface area contributed by atoms with Gasteiger partial charge in [-0.1, -0.05) is 23.7 Å². The van der Waals surface area contributed by atoms with Crippen molar-refractivity contribution < 1.29 is 4.79 Å². The van der Waals surface area contributed by atoms with Crippen molar-refractivity contribution >= 4 is 23.5 Å². The maximum Gasteiger partial charge on any atom is 0.270 e. The number of likely N-dealkylation sites (N-methyl/N-ethyl adjacent to an activating group) is 1. The van der Waals surface area contributed by atoms with Crippen LogP contribution in [0.1, 0.15) is 21.6 Å². The zero-order valence-electron chi connectivity index (χ0n) is 15.0. The molecule has 0 radical (unpaired) electrons. The topological polar surface area (TPSA) is 71.0 Å². The molecule has 0 saturated heterocycles. The van der Waals surface area contributed by atoms with Gasteiger partial charge < -0.3 is 10.2 Å². The quantitative estimate of drug-likeness (QED) is 0.680. The number of benzene rings is 1. The van der Waals surface area contributed by atoms with Gasteiger partial charge in [0.2, 0.25) is 5.95 Å². The van der Waals surface area contributed by atoms with Gasteiger partial charge in [-0.2, -0.15) is 0 Å². The molecule has 0 aliphatic carbocycles. The summed E-state index contributed by atoms with van der Waals surface area (Å²) < 4.78 is 0. The van der Waals surface area contributed by atoms with Crippen molar-refractivity contribution in [3.63, 3.8) is 0 Å². The van der Waals surface area contributed by atoms with E-state index in [2.05, 4.69) is 20.3 Å². The summed E-state index contributed by atoms with van der Waals surface area (Å²) in [6.45, 7) is 1.15. The summed E-state index contributed by atoms with van der Waals surface area (Å²) in [5, 5.41) is 3.53. The third-order valence-electron chi connectivity index (χ3n) is 4.07. The second kappa shape index (κ2) is 9.09. The highest BCUT2D eigenvalue weighted by Crippen LogP contribution is 2.10. The van der Waals surface area contributed by atoms with Crippen molar-refractivity contribution in [2.75, 3.05) is 18.5 Å². The van der Waals surface area contributed by atoms with E-state index >= 15 is 0 Å². The molecule has 27 heavy (non-hydrogen) atoms. The van der Waals surface area contributed by atoms with Gasteiger partial charge in [0.25, 0.3) is 5.91 Å². The van der Waals surface area contributed by atoms with Crippen LogP contribution < -0.4 is 10.2 Å². The van der Waals surface area contributed by atoms with Crippen LogP contribution in [0.4, 0.5) is 5.95 Å². The molecule has 6 nitrogen and oxygen atoms in total. The molecule has 7 heteroatoms. The summed E-state index contributed by atoms with van der Waals surface area (Å²) in [6, 6.07) is 12.9. The standard InChI is InChI=1S/C20H20ClN5O/c1-26(13-9-15-6-10-22-11-7-15)20-23-12-8-18(25-20)19(27)24-14-16-2-4-17(21)5-3-16/h2-8,10-12H,9,13-14H2,1H3,(H,24,27). The zero-order valence-corrected chi connectivity index (χ0v) is 15.7. The van der Waals surface area contributed by atoms with Crippen LogP contribution >= 0.6 is 11.6 Å². The molecule has 1 N–H and O–H groups in total. The molecule has 3 rings (SSSR count). The second-order valence-corrected chi connectivity index (χ2v) is 6.51. The van der Waals surface area contributed by atoms with Gasteiger partial charge in [-0.25, -0.2) is 9.97 Å². The van der Waals surface area contributed by atoms with E-state index < -0.39 is 0 Å². The number of amides is 1.